The highest BCUT2D eigenvalue weighted by molar-refractivity contribution is 5.98. The number of nitrogens with zero attached hydrogens (tertiary/aromatic N) is 4. The van der Waals surface area contributed by atoms with Crippen molar-refractivity contribution in [3.05, 3.63) is 69.5 Å². The molecular weight excluding hydrogens is 410 g/mol. The van der Waals surface area contributed by atoms with Crippen LogP contribution >= 0.6 is 0 Å². The Labute approximate surface area is 185 Å². The van der Waals surface area contributed by atoms with E-state index >= 15 is 0 Å². The molecule has 9 nitrogen and oxygen atoms in total. The van der Waals surface area contributed by atoms with Crippen LogP contribution in [0.25, 0.3) is 11.0 Å². The predicted molar refractivity (Wildman–Crippen MR) is 119 cm³/mol. The summed E-state index contributed by atoms with van der Waals surface area (Å²) in [4.78, 5) is 42.8. The smallest absolute Gasteiger partial charge is 0.272 e. The van der Waals surface area contributed by atoms with E-state index in [1.807, 2.05) is 31.2 Å². The third-order valence-corrected chi connectivity index (χ3v) is 5.93. The molecule has 32 heavy (non-hydrogen) atoms. The highest BCUT2D eigenvalue weighted by Crippen LogP contribution is 2.24. The largest absolute Gasteiger partial charge is 0.347 e. The van der Waals surface area contributed by atoms with Crippen molar-refractivity contribution in [1.82, 2.24) is 19.8 Å². The molecule has 0 radical (unpaired) electrons. The van der Waals surface area contributed by atoms with E-state index in [-0.39, 0.29) is 24.0 Å². The van der Waals surface area contributed by atoms with E-state index < -0.39 is 11.0 Å². The molecule has 1 aliphatic rings. The summed E-state index contributed by atoms with van der Waals surface area (Å²) in [5, 5.41) is 14.0. The number of hydrogen-bond donors (Lipinski definition) is 1. The molecule has 1 saturated heterocycles. The number of nitro groups is 1. The number of benzene rings is 2. The molecule has 2 amide bonds. The SMILES string of the molecule is CCn1c(CNC(=O)C2CCCN2C(=O)c2ccc([N+](=O)[O-])c(C)c2)nc2ccccc21. The van der Waals surface area contributed by atoms with Crippen molar-refractivity contribution in [2.24, 2.45) is 0 Å². The number of likely N-dealkylation sites (tertiary alicyclic amines) is 1. The van der Waals surface area contributed by atoms with Crippen LogP contribution in [0, 0.1) is 17.0 Å². The van der Waals surface area contributed by atoms with Crippen LogP contribution in [0.4, 0.5) is 5.69 Å². The first-order chi connectivity index (χ1) is 15.4. The second kappa shape index (κ2) is 8.78. The van der Waals surface area contributed by atoms with Crippen LogP contribution in [-0.4, -0.2) is 43.8 Å². The van der Waals surface area contributed by atoms with Gasteiger partial charge in [-0.05, 0) is 51.0 Å². The zero-order valence-electron chi connectivity index (χ0n) is 18.1. The second-order valence-electron chi connectivity index (χ2n) is 7.89. The van der Waals surface area contributed by atoms with Crippen LogP contribution in [0.15, 0.2) is 42.5 Å². The van der Waals surface area contributed by atoms with Crippen LogP contribution < -0.4 is 5.32 Å². The molecule has 0 saturated carbocycles. The summed E-state index contributed by atoms with van der Waals surface area (Å²) in [6, 6.07) is 11.6. The minimum atomic E-state index is -0.572. The van der Waals surface area contributed by atoms with Gasteiger partial charge in [-0.2, -0.15) is 0 Å². The highest BCUT2D eigenvalue weighted by Gasteiger charge is 2.35. The summed E-state index contributed by atoms with van der Waals surface area (Å²) in [6.07, 6.45) is 1.30. The molecule has 3 aromatic rings. The number of nitro benzene ring substituents is 1. The number of fused-ring (bicyclic) bond motifs is 1. The molecule has 0 aliphatic carbocycles. The summed E-state index contributed by atoms with van der Waals surface area (Å²) in [7, 11) is 0. The van der Waals surface area contributed by atoms with Crippen molar-refractivity contribution in [3.63, 3.8) is 0 Å². The number of nitrogens with one attached hydrogen (secondary N) is 1. The Morgan fingerprint density at radius 3 is 2.75 bits per heavy atom. The van der Waals surface area contributed by atoms with E-state index in [0.717, 1.165) is 29.8 Å². The normalized spacial score (nSPS) is 15.8. The molecule has 0 spiro atoms. The first-order valence-electron chi connectivity index (χ1n) is 10.7. The van der Waals surface area contributed by atoms with Gasteiger partial charge in [-0.15, -0.1) is 0 Å². The number of amides is 2. The molecule has 1 aromatic heterocycles. The van der Waals surface area contributed by atoms with E-state index in [1.165, 1.54) is 18.2 Å². The Balaban J connectivity index is 1.48. The average molecular weight is 435 g/mol. The summed E-state index contributed by atoms with van der Waals surface area (Å²) < 4.78 is 2.06. The van der Waals surface area contributed by atoms with Gasteiger partial charge < -0.3 is 14.8 Å². The first kappa shape index (κ1) is 21.5. The zero-order valence-corrected chi connectivity index (χ0v) is 18.1. The Bertz CT molecular complexity index is 1200. The number of carbonyl (C=O) groups is 2. The van der Waals surface area contributed by atoms with Crippen molar-refractivity contribution in [2.45, 2.75) is 45.8 Å². The van der Waals surface area contributed by atoms with Gasteiger partial charge in [-0.1, -0.05) is 12.1 Å². The van der Waals surface area contributed by atoms with Gasteiger partial charge in [0.2, 0.25) is 5.91 Å². The minimum Gasteiger partial charge on any atom is -0.347 e. The van der Waals surface area contributed by atoms with E-state index in [4.69, 9.17) is 0 Å². The third-order valence-electron chi connectivity index (χ3n) is 5.93. The molecule has 1 unspecified atom stereocenters. The topological polar surface area (TPSA) is 110 Å². The lowest BCUT2D eigenvalue weighted by Gasteiger charge is -2.24. The standard InChI is InChI=1S/C23H25N5O4/c1-3-26-19-8-5-4-7-17(19)25-21(26)14-24-22(29)20-9-6-12-27(20)23(30)16-10-11-18(28(31)32)15(2)13-16/h4-5,7-8,10-11,13,20H,3,6,9,12,14H2,1-2H3,(H,24,29). The summed E-state index contributed by atoms with van der Waals surface area (Å²) >= 11 is 0. The number of rotatable bonds is 6. The molecule has 166 valence electrons. The monoisotopic (exact) mass is 435 g/mol. The van der Waals surface area contributed by atoms with E-state index in [2.05, 4.69) is 14.9 Å². The minimum absolute atomic E-state index is 0.0314. The Kier molecular flexibility index (Phi) is 5.89. The number of imidazole rings is 1. The quantitative estimate of drug-likeness (QED) is 0.472. The molecule has 1 aliphatic heterocycles. The maximum absolute atomic E-state index is 13.0. The van der Waals surface area contributed by atoms with Gasteiger partial charge in [-0.25, -0.2) is 4.98 Å². The Hall–Kier alpha value is -3.75. The number of aryl methyl sites for hydroxylation is 2. The van der Waals surface area contributed by atoms with Crippen LogP contribution in [-0.2, 0) is 17.9 Å². The predicted octanol–water partition coefficient (Wildman–Crippen LogP) is 3.19. The fraction of sp³-hybridized carbons (Fsp3) is 0.348. The van der Waals surface area contributed by atoms with E-state index in [9.17, 15) is 19.7 Å². The van der Waals surface area contributed by atoms with Gasteiger partial charge in [0, 0.05) is 30.3 Å². The van der Waals surface area contributed by atoms with Crippen molar-refractivity contribution in [2.75, 3.05) is 6.54 Å². The average Bonchev–Trinajstić information content (AvgIpc) is 3.41. The number of aromatic nitrogens is 2. The summed E-state index contributed by atoms with van der Waals surface area (Å²) in [5.41, 5.74) is 2.63. The molecule has 4 rings (SSSR count). The van der Waals surface area contributed by atoms with Crippen LogP contribution in [0.5, 0.6) is 0 Å². The fourth-order valence-corrected chi connectivity index (χ4v) is 4.34. The van der Waals surface area contributed by atoms with Crippen molar-refractivity contribution in [3.8, 4) is 0 Å². The van der Waals surface area contributed by atoms with Gasteiger partial charge >= 0.3 is 0 Å². The Morgan fingerprint density at radius 2 is 2.03 bits per heavy atom. The van der Waals surface area contributed by atoms with E-state index in [0.29, 0.717) is 24.1 Å². The lowest BCUT2D eigenvalue weighted by atomic mass is 10.1. The van der Waals surface area contributed by atoms with Gasteiger partial charge in [0.15, 0.2) is 0 Å². The van der Waals surface area contributed by atoms with Gasteiger partial charge in [0.25, 0.3) is 11.6 Å². The molecular formula is C23H25N5O4. The molecule has 0 bridgehead atoms. The van der Waals surface area contributed by atoms with Gasteiger partial charge in [0.05, 0.1) is 22.5 Å². The third kappa shape index (κ3) is 3.93. The number of hydrogen-bond acceptors (Lipinski definition) is 5. The summed E-state index contributed by atoms with van der Waals surface area (Å²) in [5.74, 6) is 0.259. The van der Waals surface area contributed by atoms with Gasteiger partial charge in [-0.3, -0.25) is 19.7 Å². The maximum Gasteiger partial charge on any atom is 0.272 e. The van der Waals surface area contributed by atoms with Crippen molar-refractivity contribution >= 4 is 28.5 Å². The van der Waals surface area contributed by atoms with Gasteiger partial charge in [0.1, 0.15) is 11.9 Å². The van der Waals surface area contributed by atoms with Crippen molar-refractivity contribution in [1.29, 1.82) is 0 Å². The van der Waals surface area contributed by atoms with Crippen LogP contribution in [0.1, 0.15) is 41.5 Å². The fourth-order valence-electron chi connectivity index (χ4n) is 4.34. The molecule has 2 heterocycles. The van der Waals surface area contributed by atoms with Crippen molar-refractivity contribution < 1.29 is 14.5 Å². The second-order valence-corrected chi connectivity index (χ2v) is 7.89. The summed E-state index contributed by atoms with van der Waals surface area (Å²) in [6.45, 7) is 5.11. The number of para-hydroxylation sites is 2. The first-order valence-corrected chi connectivity index (χ1v) is 10.7. The lowest BCUT2D eigenvalue weighted by molar-refractivity contribution is -0.385. The van der Waals surface area contributed by atoms with Crippen LogP contribution in [0.2, 0.25) is 0 Å². The molecule has 2 aromatic carbocycles. The zero-order chi connectivity index (χ0) is 22.8. The lowest BCUT2D eigenvalue weighted by Crippen LogP contribution is -2.46. The highest BCUT2D eigenvalue weighted by atomic mass is 16.6. The maximum atomic E-state index is 13.0. The molecule has 9 heteroatoms. The molecule has 1 atom stereocenters. The van der Waals surface area contributed by atoms with E-state index in [1.54, 1.807) is 11.8 Å². The molecule has 1 N–H and O–H groups in total. The number of carbonyl (C=O) groups excluding carboxylic acids is 2. The Morgan fingerprint density at radius 1 is 1.25 bits per heavy atom. The molecule has 1 fully saturated rings. The van der Waals surface area contributed by atoms with Crippen LogP contribution in [0.3, 0.4) is 0 Å².